The Morgan fingerprint density at radius 1 is 0.702 bits per heavy atom. The van der Waals surface area contributed by atoms with Crippen molar-refractivity contribution in [3.63, 3.8) is 0 Å². The summed E-state index contributed by atoms with van der Waals surface area (Å²) in [5.41, 5.74) is -0.258. The van der Waals surface area contributed by atoms with Crippen LogP contribution in [-0.4, -0.2) is 128 Å². The van der Waals surface area contributed by atoms with Crippen LogP contribution in [0.15, 0.2) is 42.5 Å². The fourth-order valence-corrected chi connectivity index (χ4v) is 4.97. The van der Waals surface area contributed by atoms with Crippen molar-refractivity contribution in [3.05, 3.63) is 53.6 Å². The van der Waals surface area contributed by atoms with Crippen molar-refractivity contribution < 1.29 is 83.3 Å². The maximum Gasteiger partial charge on any atom is 0.346 e. The third-order valence-corrected chi connectivity index (χ3v) is 7.28. The average Bonchev–Trinajstić information content (AvgIpc) is 3.03. The molecule has 0 amide bonds. The molecule has 2 aromatic rings. The normalized spacial score (nSPS) is 30.6. The molecule has 17 nitrogen and oxygen atoms in total. The maximum atomic E-state index is 13.3. The third-order valence-electron chi connectivity index (χ3n) is 7.28. The number of carbonyl (C=O) groups excluding carboxylic acids is 3. The van der Waals surface area contributed by atoms with Gasteiger partial charge in [0.15, 0.2) is 6.10 Å². The highest BCUT2D eigenvalue weighted by molar-refractivity contribution is 5.95. The van der Waals surface area contributed by atoms with E-state index < -0.39 is 110 Å². The molecule has 0 radical (unpaired) electrons. The number of para-hydroxylation sites is 1. The number of phenolic OH excluding ortho intramolecular Hbond substituents is 1. The second kappa shape index (κ2) is 15.7. The standard InChI is InChI=1S/C30H36O17/c1-13(33)42-26-23(37)20(11-32)47-30(27(26)43-14(2)34)45-18-9-5-7-16(35)21(18)28(40)41-12-15-6-3-4-8-17(15)44-29-25(39)24(38)22(36)19(10-31)46-29/h3-9,19-20,22-27,29-32,35-39H,10-12H2,1-2H3/t19-,20-,22-,23-,24+,25-,26+,27-,29-,30-/m1/s1. The first kappa shape index (κ1) is 35.8. The van der Waals surface area contributed by atoms with Crippen LogP contribution in [0.2, 0.25) is 0 Å². The average molecular weight is 669 g/mol. The number of hydrogen-bond donors (Lipinski definition) is 7. The van der Waals surface area contributed by atoms with Gasteiger partial charge in [0.2, 0.25) is 18.7 Å². The number of phenols is 1. The zero-order valence-electron chi connectivity index (χ0n) is 25.1. The predicted octanol–water partition coefficient (Wildman–Crippen LogP) is -1.75. The zero-order valence-corrected chi connectivity index (χ0v) is 25.1. The van der Waals surface area contributed by atoms with E-state index in [1.54, 1.807) is 12.1 Å². The highest BCUT2D eigenvalue weighted by Gasteiger charge is 2.51. The molecule has 2 heterocycles. The summed E-state index contributed by atoms with van der Waals surface area (Å²) in [4.78, 5) is 37.0. The number of ether oxygens (including phenoxy) is 7. The number of rotatable bonds is 11. The number of benzene rings is 2. The van der Waals surface area contributed by atoms with E-state index in [1.165, 1.54) is 24.3 Å². The molecule has 0 aliphatic carbocycles. The molecule has 2 saturated heterocycles. The lowest BCUT2D eigenvalue weighted by Gasteiger charge is -2.42. The van der Waals surface area contributed by atoms with Crippen LogP contribution in [0.5, 0.6) is 17.2 Å². The summed E-state index contributed by atoms with van der Waals surface area (Å²) in [6, 6.07) is 9.82. The lowest BCUT2D eigenvalue weighted by atomic mass is 9.98. The second-order valence-electron chi connectivity index (χ2n) is 10.6. The van der Waals surface area contributed by atoms with E-state index in [4.69, 9.17) is 33.2 Å². The van der Waals surface area contributed by atoms with Gasteiger partial charge in [0.25, 0.3) is 0 Å². The first-order chi connectivity index (χ1) is 22.4. The fraction of sp³-hybridized carbons (Fsp3) is 0.500. The van der Waals surface area contributed by atoms with Crippen LogP contribution in [0, 0.1) is 0 Å². The van der Waals surface area contributed by atoms with Gasteiger partial charge in [-0.2, -0.15) is 0 Å². The van der Waals surface area contributed by atoms with E-state index in [-0.39, 0.29) is 17.1 Å². The van der Waals surface area contributed by atoms with Crippen LogP contribution in [0.25, 0.3) is 0 Å². The van der Waals surface area contributed by atoms with Crippen LogP contribution in [-0.2, 0) is 39.9 Å². The van der Waals surface area contributed by atoms with Gasteiger partial charge in [-0.25, -0.2) is 4.79 Å². The molecule has 0 saturated carbocycles. The second-order valence-corrected chi connectivity index (χ2v) is 10.6. The Bertz CT molecular complexity index is 1400. The highest BCUT2D eigenvalue weighted by atomic mass is 16.7. The number of esters is 3. The quantitative estimate of drug-likeness (QED) is 0.103. The van der Waals surface area contributed by atoms with Crippen molar-refractivity contribution in [2.75, 3.05) is 13.2 Å². The monoisotopic (exact) mass is 668 g/mol. The van der Waals surface area contributed by atoms with Crippen molar-refractivity contribution >= 4 is 17.9 Å². The van der Waals surface area contributed by atoms with Crippen LogP contribution in [0.1, 0.15) is 29.8 Å². The molecule has 0 bridgehead atoms. The van der Waals surface area contributed by atoms with Crippen molar-refractivity contribution in [2.45, 2.75) is 81.9 Å². The predicted molar refractivity (Wildman–Crippen MR) is 152 cm³/mol. The van der Waals surface area contributed by atoms with Gasteiger partial charge >= 0.3 is 17.9 Å². The molecule has 10 atom stereocenters. The van der Waals surface area contributed by atoms with E-state index in [0.717, 1.165) is 19.9 Å². The van der Waals surface area contributed by atoms with Crippen LogP contribution >= 0.6 is 0 Å². The molecule has 17 heteroatoms. The molecule has 2 aromatic carbocycles. The van der Waals surface area contributed by atoms with Gasteiger partial charge in [-0.3, -0.25) is 9.59 Å². The first-order valence-electron chi connectivity index (χ1n) is 14.4. The molecule has 4 rings (SSSR count). The van der Waals surface area contributed by atoms with E-state index >= 15 is 0 Å². The molecule has 7 N–H and O–H groups in total. The van der Waals surface area contributed by atoms with Gasteiger partial charge in [-0.05, 0) is 18.2 Å². The zero-order chi connectivity index (χ0) is 34.4. The van der Waals surface area contributed by atoms with Gasteiger partial charge < -0.3 is 68.9 Å². The molecule has 2 fully saturated rings. The van der Waals surface area contributed by atoms with Crippen LogP contribution < -0.4 is 9.47 Å². The topological polar surface area (TPSA) is 257 Å². The van der Waals surface area contributed by atoms with Gasteiger partial charge in [0.1, 0.15) is 66.0 Å². The summed E-state index contributed by atoms with van der Waals surface area (Å²) in [5.74, 6) is -3.70. The SMILES string of the molecule is CC(=O)O[C@H]1[C@H](Oc2cccc(O)c2C(=O)OCc2ccccc2O[C@@H]2O[C@H](CO)[C@@H](O)[C@H](O)[C@H]2O)O[C@H](CO)[C@@H](O)[C@@H]1OC(C)=O. The number of carbonyl (C=O) groups is 3. The van der Waals surface area contributed by atoms with E-state index in [1.807, 2.05) is 0 Å². The molecule has 2 aliphatic heterocycles. The molecule has 47 heavy (non-hydrogen) atoms. The lowest BCUT2D eigenvalue weighted by molar-refractivity contribution is -0.285. The molecule has 0 unspecified atom stereocenters. The van der Waals surface area contributed by atoms with Gasteiger partial charge in [-0.1, -0.05) is 24.3 Å². The van der Waals surface area contributed by atoms with Gasteiger partial charge in [-0.15, -0.1) is 0 Å². The van der Waals surface area contributed by atoms with E-state index in [9.17, 15) is 50.1 Å². The van der Waals surface area contributed by atoms with Crippen molar-refractivity contribution in [2.24, 2.45) is 0 Å². The minimum Gasteiger partial charge on any atom is -0.507 e. The fourth-order valence-electron chi connectivity index (χ4n) is 4.97. The number of aliphatic hydroxyl groups is 6. The summed E-state index contributed by atoms with van der Waals surface area (Å²) in [7, 11) is 0. The minimum absolute atomic E-state index is 0.0448. The smallest absolute Gasteiger partial charge is 0.346 e. The largest absolute Gasteiger partial charge is 0.507 e. The summed E-state index contributed by atoms with van der Waals surface area (Å²) >= 11 is 0. The summed E-state index contributed by atoms with van der Waals surface area (Å²) in [5, 5.41) is 70.9. The molecule has 2 aliphatic rings. The Kier molecular flexibility index (Phi) is 11.9. The Labute approximate surface area is 267 Å². The highest BCUT2D eigenvalue weighted by Crippen LogP contribution is 2.34. The summed E-state index contributed by atoms with van der Waals surface area (Å²) in [6.45, 7) is 0.193. The Balaban J connectivity index is 1.54. The van der Waals surface area contributed by atoms with Crippen LogP contribution in [0.4, 0.5) is 0 Å². The molecular formula is C30H36O17. The Morgan fingerprint density at radius 3 is 1.94 bits per heavy atom. The Morgan fingerprint density at radius 2 is 1.28 bits per heavy atom. The van der Waals surface area contributed by atoms with E-state index in [0.29, 0.717) is 0 Å². The number of hydrogen-bond acceptors (Lipinski definition) is 17. The molecule has 0 spiro atoms. The summed E-state index contributed by atoms with van der Waals surface area (Å²) < 4.78 is 38.3. The minimum atomic E-state index is -1.70. The number of aromatic hydroxyl groups is 1. The van der Waals surface area contributed by atoms with Crippen LogP contribution in [0.3, 0.4) is 0 Å². The molecular weight excluding hydrogens is 632 g/mol. The van der Waals surface area contributed by atoms with Crippen molar-refractivity contribution in [1.29, 1.82) is 0 Å². The summed E-state index contributed by atoms with van der Waals surface area (Å²) in [6.07, 6.45) is -15.5. The van der Waals surface area contributed by atoms with Gasteiger partial charge in [0, 0.05) is 19.4 Å². The lowest BCUT2D eigenvalue weighted by Crippen LogP contribution is -2.62. The van der Waals surface area contributed by atoms with Gasteiger partial charge in [0.05, 0.1) is 13.2 Å². The van der Waals surface area contributed by atoms with Crippen molar-refractivity contribution in [3.8, 4) is 17.2 Å². The Hall–Kier alpha value is -4.07. The molecule has 0 aromatic heterocycles. The molecule has 258 valence electrons. The number of aliphatic hydroxyl groups excluding tert-OH is 6. The maximum absolute atomic E-state index is 13.3. The first-order valence-corrected chi connectivity index (χ1v) is 14.4. The van der Waals surface area contributed by atoms with Crippen molar-refractivity contribution in [1.82, 2.24) is 0 Å². The third kappa shape index (κ3) is 8.27. The van der Waals surface area contributed by atoms with E-state index in [2.05, 4.69) is 0 Å².